The first-order chi connectivity index (χ1) is 12.1. The number of hydrogen-bond donors (Lipinski definition) is 2. The van der Waals surface area contributed by atoms with Crippen molar-refractivity contribution in [2.24, 2.45) is 0 Å². The maximum absolute atomic E-state index is 10.4. The van der Waals surface area contributed by atoms with E-state index in [0.29, 0.717) is 17.2 Å². The van der Waals surface area contributed by atoms with E-state index in [0.717, 1.165) is 42.2 Å². The van der Waals surface area contributed by atoms with Gasteiger partial charge in [0.25, 0.3) is 0 Å². The van der Waals surface area contributed by atoms with E-state index in [1.807, 2.05) is 30.3 Å². The SMILES string of the molecule is Nc1nccc2cnc(-c3cccc(C#CC4(O)CCCC4)c3)nc12. The van der Waals surface area contributed by atoms with Gasteiger partial charge in [0.15, 0.2) is 5.82 Å². The highest BCUT2D eigenvalue weighted by molar-refractivity contribution is 5.87. The Morgan fingerprint density at radius 3 is 2.80 bits per heavy atom. The molecule has 2 aromatic heterocycles. The molecule has 0 radical (unpaired) electrons. The molecule has 3 N–H and O–H groups in total. The van der Waals surface area contributed by atoms with Crippen molar-refractivity contribution in [2.75, 3.05) is 5.73 Å². The lowest BCUT2D eigenvalue weighted by Crippen LogP contribution is -2.20. The van der Waals surface area contributed by atoms with Gasteiger partial charge in [0.1, 0.15) is 16.9 Å². The summed E-state index contributed by atoms with van der Waals surface area (Å²) in [6.45, 7) is 0. The Kier molecular flexibility index (Phi) is 3.83. The predicted molar refractivity (Wildman–Crippen MR) is 97.5 cm³/mol. The molecule has 124 valence electrons. The van der Waals surface area contributed by atoms with E-state index in [1.54, 1.807) is 12.4 Å². The number of fused-ring (bicyclic) bond motifs is 1. The summed E-state index contributed by atoms with van der Waals surface area (Å²) in [5.41, 5.74) is 7.41. The van der Waals surface area contributed by atoms with E-state index >= 15 is 0 Å². The van der Waals surface area contributed by atoms with Crippen molar-refractivity contribution in [1.82, 2.24) is 15.0 Å². The average molecular weight is 330 g/mol. The van der Waals surface area contributed by atoms with Crippen molar-refractivity contribution in [3.05, 3.63) is 48.3 Å². The number of nitrogens with zero attached hydrogens (tertiary/aromatic N) is 3. The fourth-order valence-electron chi connectivity index (χ4n) is 3.13. The lowest BCUT2D eigenvalue weighted by Gasteiger charge is -2.12. The van der Waals surface area contributed by atoms with Crippen molar-refractivity contribution in [1.29, 1.82) is 0 Å². The van der Waals surface area contributed by atoms with Gasteiger partial charge in [-0.15, -0.1) is 0 Å². The molecule has 0 unspecified atom stereocenters. The fraction of sp³-hybridized carbons (Fsp3) is 0.250. The third-order valence-electron chi connectivity index (χ3n) is 4.52. The van der Waals surface area contributed by atoms with Crippen molar-refractivity contribution in [3.63, 3.8) is 0 Å². The zero-order valence-electron chi connectivity index (χ0n) is 13.7. The fourth-order valence-corrected chi connectivity index (χ4v) is 3.13. The van der Waals surface area contributed by atoms with Crippen LogP contribution in [0.4, 0.5) is 5.82 Å². The molecule has 4 rings (SSSR count). The molecule has 5 nitrogen and oxygen atoms in total. The van der Waals surface area contributed by atoms with Gasteiger partial charge in [-0.3, -0.25) is 0 Å². The van der Waals surface area contributed by atoms with Crippen LogP contribution in [0.15, 0.2) is 42.7 Å². The monoisotopic (exact) mass is 330 g/mol. The molecule has 0 spiro atoms. The lowest BCUT2D eigenvalue weighted by molar-refractivity contribution is 0.110. The van der Waals surface area contributed by atoms with Crippen LogP contribution in [0, 0.1) is 11.8 Å². The molecule has 1 fully saturated rings. The van der Waals surface area contributed by atoms with Crippen LogP contribution in [0.2, 0.25) is 0 Å². The maximum Gasteiger partial charge on any atom is 0.159 e. The molecular weight excluding hydrogens is 312 g/mol. The predicted octanol–water partition coefficient (Wildman–Crippen LogP) is 2.93. The number of aromatic nitrogens is 3. The second kappa shape index (κ2) is 6.15. The molecule has 1 aliphatic carbocycles. The normalized spacial score (nSPS) is 15.7. The molecule has 5 heteroatoms. The van der Waals surface area contributed by atoms with Gasteiger partial charge >= 0.3 is 0 Å². The first-order valence-corrected chi connectivity index (χ1v) is 8.36. The Hall–Kier alpha value is -2.97. The Labute approximate surface area is 146 Å². The number of nitrogens with two attached hydrogens (primary N) is 1. The zero-order chi connectivity index (χ0) is 17.3. The molecule has 1 aliphatic rings. The number of benzene rings is 1. The topological polar surface area (TPSA) is 84.9 Å². The first kappa shape index (κ1) is 15.6. The molecule has 1 saturated carbocycles. The molecule has 0 bridgehead atoms. The number of rotatable bonds is 1. The molecule has 0 atom stereocenters. The molecule has 25 heavy (non-hydrogen) atoms. The zero-order valence-corrected chi connectivity index (χ0v) is 13.7. The van der Waals surface area contributed by atoms with E-state index in [4.69, 9.17) is 5.73 Å². The maximum atomic E-state index is 10.4. The first-order valence-electron chi connectivity index (χ1n) is 8.36. The second-order valence-corrected chi connectivity index (χ2v) is 6.40. The highest BCUT2D eigenvalue weighted by Crippen LogP contribution is 2.28. The Morgan fingerprint density at radius 2 is 1.96 bits per heavy atom. The minimum absolute atomic E-state index is 0.389. The van der Waals surface area contributed by atoms with Crippen molar-refractivity contribution < 1.29 is 5.11 Å². The molecule has 2 heterocycles. The molecule has 0 aliphatic heterocycles. The molecule has 0 saturated heterocycles. The summed E-state index contributed by atoms with van der Waals surface area (Å²) in [7, 11) is 0. The quantitative estimate of drug-likeness (QED) is 0.670. The summed E-state index contributed by atoms with van der Waals surface area (Å²) in [4.78, 5) is 13.0. The average Bonchev–Trinajstić information content (AvgIpc) is 3.07. The minimum atomic E-state index is -0.838. The van der Waals surface area contributed by atoms with Gasteiger partial charge in [0.05, 0.1) is 0 Å². The van der Waals surface area contributed by atoms with Crippen molar-refractivity contribution in [2.45, 2.75) is 31.3 Å². The van der Waals surface area contributed by atoms with E-state index in [-0.39, 0.29) is 0 Å². The largest absolute Gasteiger partial charge is 0.382 e. The van der Waals surface area contributed by atoms with Crippen LogP contribution in [0.5, 0.6) is 0 Å². The van der Waals surface area contributed by atoms with Gasteiger partial charge < -0.3 is 10.8 Å². The van der Waals surface area contributed by atoms with Crippen LogP contribution < -0.4 is 5.73 Å². The second-order valence-electron chi connectivity index (χ2n) is 6.40. The summed E-state index contributed by atoms with van der Waals surface area (Å²) in [6.07, 6.45) is 6.96. The van der Waals surface area contributed by atoms with E-state index in [2.05, 4.69) is 26.8 Å². The smallest absolute Gasteiger partial charge is 0.159 e. The van der Waals surface area contributed by atoms with Crippen molar-refractivity contribution in [3.8, 4) is 23.2 Å². The van der Waals surface area contributed by atoms with Crippen LogP contribution in [0.3, 0.4) is 0 Å². The van der Waals surface area contributed by atoms with Gasteiger partial charge in [-0.25, -0.2) is 15.0 Å². The minimum Gasteiger partial charge on any atom is -0.382 e. The van der Waals surface area contributed by atoms with Gasteiger partial charge in [0.2, 0.25) is 0 Å². The number of nitrogen functional groups attached to an aromatic ring is 1. The summed E-state index contributed by atoms with van der Waals surface area (Å²) >= 11 is 0. The van der Waals surface area contributed by atoms with Crippen LogP contribution >= 0.6 is 0 Å². The van der Waals surface area contributed by atoms with Gasteiger partial charge in [-0.05, 0) is 43.9 Å². The number of pyridine rings is 1. The van der Waals surface area contributed by atoms with E-state index in [1.165, 1.54) is 0 Å². The standard InChI is InChI=1S/C20H18N4O/c21-18-17-16(7-11-22-18)13-23-19(24-17)15-5-3-4-14(12-15)6-10-20(25)8-1-2-9-20/h3-5,7,11-13,25H,1-2,8-9H2,(H2,21,22). The number of anilines is 1. The summed E-state index contributed by atoms with van der Waals surface area (Å²) in [6, 6.07) is 9.53. The Balaban J connectivity index is 1.70. The molecular formula is C20H18N4O. The summed E-state index contributed by atoms with van der Waals surface area (Å²) < 4.78 is 0. The Morgan fingerprint density at radius 1 is 1.12 bits per heavy atom. The van der Waals surface area contributed by atoms with Crippen LogP contribution in [-0.2, 0) is 0 Å². The van der Waals surface area contributed by atoms with Crippen LogP contribution in [0.25, 0.3) is 22.3 Å². The van der Waals surface area contributed by atoms with Gasteiger partial charge in [-0.1, -0.05) is 24.0 Å². The highest BCUT2D eigenvalue weighted by Gasteiger charge is 2.28. The third-order valence-corrected chi connectivity index (χ3v) is 4.52. The number of aliphatic hydroxyl groups is 1. The third kappa shape index (κ3) is 3.17. The molecule has 3 aromatic rings. The van der Waals surface area contributed by atoms with E-state index < -0.39 is 5.60 Å². The van der Waals surface area contributed by atoms with Crippen molar-refractivity contribution >= 4 is 16.7 Å². The molecule has 0 amide bonds. The highest BCUT2D eigenvalue weighted by atomic mass is 16.3. The van der Waals surface area contributed by atoms with Gasteiger partial charge in [-0.2, -0.15) is 0 Å². The molecule has 1 aromatic carbocycles. The van der Waals surface area contributed by atoms with Crippen LogP contribution in [-0.4, -0.2) is 25.7 Å². The number of hydrogen-bond acceptors (Lipinski definition) is 5. The lowest BCUT2D eigenvalue weighted by atomic mass is 10.0. The van der Waals surface area contributed by atoms with E-state index in [9.17, 15) is 5.11 Å². The summed E-state index contributed by atoms with van der Waals surface area (Å²) in [5.74, 6) is 7.09. The summed E-state index contributed by atoms with van der Waals surface area (Å²) in [5, 5.41) is 11.2. The Bertz CT molecular complexity index is 997. The van der Waals surface area contributed by atoms with Gasteiger partial charge in [0, 0.05) is 28.9 Å². The van der Waals surface area contributed by atoms with Crippen LogP contribution in [0.1, 0.15) is 31.2 Å².